The minimum atomic E-state index is 0.132. The summed E-state index contributed by atoms with van der Waals surface area (Å²) in [5.41, 5.74) is 6.11. The molecule has 1 saturated heterocycles. The highest BCUT2D eigenvalue weighted by molar-refractivity contribution is 5.76. The predicted octanol–water partition coefficient (Wildman–Crippen LogP) is 0.0788. The first-order valence-electron chi connectivity index (χ1n) is 6.25. The van der Waals surface area contributed by atoms with Crippen LogP contribution in [-0.4, -0.2) is 39.7 Å². The Bertz CT molecular complexity index is 399. The lowest BCUT2D eigenvalue weighted by Crippen LogP contribution is -2.34. The van der Waals surface area contributed by atoms with Crippen LogP contribution in [-0.2, 0) is 11.3 Å². The molecular formula is C12H18N4O. The second-order valence-corrected chi connectivity index (χ2v) is 5.17. The van der Waals surface area contributed by atoms with Gasteiger partial charge in [0.25, 0.3) is 0 Å². The van der Waals surface area contributed by atoms with Crippen molar-refractivity contribution in [1.82, 2.24) is 14.7 Å². The Labute approximate surface area is 101 Å². The smallest absolute Gasteiger partial charge is 0.244 e. The molecule has 1 aromatic heterocycles. The Kier molecular flexibility index (Phi) is 2.63. The fraction of sp³-hybridized carbons (Fsp3) is 0.667. The second kappa shape index (κ2) is 4.14. The molecule has 1 aliphatic carbocycles. The first kappa shape index (κ1) is 10.8. The van der Waals surface area contributed by atoms with Gasteiger partial charge in [0.05, 0.1) is 0 Å². The summed E-state index contributed by atoms with van der Waals surface area (Å²) >= 11 is 0. The van der Waals surface area contributed by atoms with E-state index in [1.54, 1.807) is 10.9 Å². The molecule has 5 heteroatoms. The topological polar surface area (TPSA) is 64.2 Å². The van der Waals surface area contributed by atoms with Gasteiger partial charge in [-0.1, -0.05) is 0 Å². The van der Waals surface area contributed by atoms with Gasteiger partial charge in [0.2, 0.25) is 5.91 Å². The number of rotatable bonds is 3. The highest BCUT2D eigenvalue weighted by Crippen LogP contribution is 2.40. The molecule has 2 N–H and O–H groups in total. The molecule has 0 unspecified atom stereocenters. The van der Waals surface area contributed by atoms with E-state index in [2.05, 4.69) is 5.10 Å². The maximum absolute atomic E-state index is 12.1. The van der Waals surface area contributed by atoms with Crippen molar-refractivity contribution in [3.63, 3.8) is 0 Å². The van der Waals surface area contributed by atoms with Crippen LogP contribution in [0.3, 0.4) is 0 Å². The second-order valence-electron chi connectivity index (χ2n) is 5.17. The van der Waals surface area contributed by atoms with Gasteiger partial charge < -0.3 is 10.6 Å². The van der Waals surface area contributed by atoms with Crippen molar-refractivity contribution in [3.8, 4) is 0 Å². The fourth-order valence-corrected chi connectivity index (χ4v) is 2.71. The third kappa shape index (κ3) is 2.20. The molecule has 0 bridgehead atoms. The quantitative estimate of drug-likeness (QED) is 0.805. The van der Waals surface area contributed by atoms with E-state index in [4.69, 9.17) is 5.73 Å². The molecule has 1 aliphatic heterocycles. The van der Waals surface area contributed by atoms with E-state index in [9.17, 15) is 4.79 Å². The lowest BCUT2D eigenvalue weighted by molar-refractivity contribution is -0.131. The van der Waals surface area contributed by atoms with Gasteiger partial charge >= 0.3 is 0 Å². The zero-order valence-electron chi connectivity index (χ0n) is 9.83. The lowest BCUT2D eigenvalue weighted by Gasteiger charge is -2.16. The van der Waals surface area contributed by atoms with Gasteiger partial charge in [0.1, 0.15) is 6.54 Å². The molecule has 1 aromatic rings. The minimum Gasteiger partial charge on any atom is -0.339 e. The van der Waals surface area contributed by atoms with Crippen molar-refractivity contribution in [2.24, 2.45) is 17.6 Å². The zero-order chi connectivity index (χ0) is 11.8. The number of likely N-dealkylation sites (tertiary alicyclic amines) is 1. The Morgan fingerprint density at radius 3 is 2.88 bits per heavy atom. The highest BCUT2D eigenvalue weighted by atomic mass is 16.2. The number of hydrogen-bond acceptors (Lipinski definition) is 3. The Balaban J connectivity index is 1.59. The monoisotopic (exact) mass is 234 g/mol. The number of aromatic nitrogens is 2. The molecule has 0 spiro atoms. The summed E-state index contributed by atoms with van der Waals surface area (Å²) in [5, 5.41) is 4.05. The normalized spacial score (nSPS) is 28.6. The van der Waals surface area contributed by atoms with Gasteiger partial charge in [0, 0.05) is 31.5 Å². The van der Waals surface area contributed by atoms with Crippen molar-refractivity contribution in [1.29, 1.82) is 0 Å². The maximum Gasteiger partial charge on any atom is 0.244 e. The van der Waals surface area contributed by atoms with Crippen LogP contribution in [0.2, 0.25) is 0 Å². The number of carbonyl (C=O) groups excluding carboxylic acids is 1. The van der Waals surface area contributed by atoms with Crippen LogP contribution in [0.25, 0.3) is 0 Å². The van der Waals surface area contributed by atoms with Crippen LogP contribution in [0.1, 0.15) is 12.8 Å². The average molecular weight is 234 g/mol. The van der Waals surface area contributed by atoms with Crippen LogP contribution in [0.4, 0.5) is 0 Å². The van der Waals surface area contributed by atoms with E-state index in [-0.39, 0.29) is 11.9 Å². The van der Waals surface area contributed by atoms with Crippen LogP contribution < -0.4 is 5.73 Å². The number of carbonyl (C=O) groups is 1. The molecule has 17 heavy (non-hydrogen) atoms. The van der Waals surface area contributed by atoms with Crippen molar-refractivity contribution in [2.45, 2.75) is 25.4 Å². The minimum absolute atomic E-state index is 0.132. The summed E-state index contributed by atoms with van der Waals surface area (Å²) in [4.78, 5) is 14.0. The molecule has 2 fully saturated rings. The summed E-state index contributed by atoms with van der Waals surface area (Å²) in [6, 6.07) is 2.00. The predicted molar refractivity (Wildman–Crippen MR) is 63.0 cm³/mol. The van der Waals surface area contributed by atoms with Gasteiger partial charge in [-0.2, -0.15) is 5.10 Å². The van der Waals surface area contributed by atoms with E-state index in [0.29, 0.717) is 19.0 Å². The van der Waals surface area contributed by atoms with Gasteiger partial charge in [-0.3, -0.25) is 9.48 Å². The molecule has 0 radical (unpaired) electrons. The average Bonchev–Trinajstić information content (AvgIpc) is 2.87. The van der Waals surface area contributed by atoms with E-state index in [1.165, 1.54) is 12.8 Å². The molecule has 2 heterocycles. The third-order valence-corrected chi connectivity index (χ3v) is 3.85. The summed E-state index contributed by atoms with van der Waals surface area (Å²) < 4.78 is 1.66. The van der Waals surface area contributed by atoms with Crippen molar-refractivity contribution < 1.29 is 4.79 Å². The number of amides is 1. The molecule has 0 aromatic carbocycles. The van der Waals surface area contributed by atoms with Gasteiger partial charge in [0.15, 0.2) is 0 Å². The van der Waals surface area contributed by atoms with Gasteiger partial charge in [-0.15, -0.1) is 0 Å². The van der Waals surface area contributed by atoms with Crippen LogP contribution in [0.15, 0.2) is 18.5 Å². The van der Waals surface area contributed by atoms with Crippen LogP contribution in [0, 0.1) is 11.8 Å². The van der Waals surface area contributed by atoms with E-state index >= 15 is 0 Å². The van der Waals surface area contributed by atoms with E-state index in [1.807, 2.05) is 17.2 Å². The molecule has 1 amide bonds. The maximum atomic E-state index is 12.1. The van der Waals surface area contributed by atoms with Crippen molar-refractivity contribution >= 4 is 5.91 Å². The SMILES string of the molecule is N[C@H]1CN(C(=O)Cn2cccn2)C[C@@H]1C1CC1. The molecule has 2 aliphatic rings. The first-order valence-corrected chi connectivity index (χ1v) is 6.25. The summed E-state index contributed by atoms with van der Waals surface area (Å²) in [7, 11) is 0. The number of nitrogens with zero attached hydrogens (tertiary/aromatic N) is 3. The molecule has 1 saturated carbocycles. The van der Waals surface area contributed by atoms with E-state index in [0.717, 1.165) is 12.5 Å². The number of nitrogens with two attached hydrogens (primary N) is 1. The lowest BCUT2D eigenvalue weighted by atomic mass is 9.99. The van der Waals surface area contributed by atoms with Crippen LogP contribution >= 0.6 is 0 Å². The van der Waals surface area contributed by atoms with Crippen molar-refractivity contribution in [3.05, 3.63) is 18.5 Å². The highest BCUT2D eigenvalue weighted by Gasteiger charge is 2.42. The third-order valence-electron chi connectivity index (χ3n) is 3.85. The Morgan fingerprint density at radius 1 is 1.41 bits per heavy atom. The summed E-state index contributed by atoms with van der Waals surface area (Å²) in [6.45, 7) is 1.88. The molecular weight excluding hydrogens is 216 g/mol. The molecule has 92 valence electrons. The van der Waals surface area contributed by atoms with Gasteiger partial charge in [-0.25, -0.2) is 0 Å². The Hall–Kier alpha value is -1.36. The molecule has 3 rings (SSSR count). The molecule has 5 nitrogen and oxygen atoms in total. The zero-order valence-corrected chi connectivity index (χ0v) is 9.83. The standard InChI is InChI=1S/C12H18N4O/c13-11-7-15(6-10(11)9-2-3-9)12(17)8-16-5-1-4-14-16/h1,4-5,9-11H,2-3,6-8,13H2/t10-,11+/m1/s1. The summed E-state index contributed by atoms with van der Waals surface area (Å²) in [5.74, 6) is 1.43. The first-order chi connectivity index (χ1) is 8.24. The Morgan fingerprint density at radius 2 is 2.24 bits per heavy atom. The fourth-order valence-electron chi connectivity index (χ4n) is 2.71. The molecule has 2 atom stereocenters. The van der Waals surface area contributed by atoms with Crippen molar-refractivity contribution in [2.75, 3.05) is 13.1 Å². The van der Waals surface area contributed by atoms with E-state index < -0.39 is 0 Å². The van der Waals surface area contributed by atoms with Crippen LogP contribution in [0.5, 0.6) is 0 Å². The largest absolute Gasteiger partial charge is 0.339 e. The number of hydrogen-bond donors (Lipinski definition) is 1. The summed E-state index contributed by atoms with van der Waals surface area (Å²) in [6.07, 6.45) is 6.08. The van der Waals surface area contributed by atoms with Gasteiger partial charge in [-0.05, 0) is 30.7 Å².